The molecule has 0 spiro atoms. The van der Waals surface area contributed by atoms with Gasteiger partial charge < -0.3 is 4.90 Å². The summed E-state index contributed by atoms with van der Waals surface area (Å²) < 4.78 is 0. The van der Waals surface area contributed by atoms with Gasteiger partial charge in [0, 0.05) is 18.3 Å². The van der Waals surface area contributed by atoms with Gasteiger partial charge in [-0.25, -0.2) is 0 Å². The topological polar surface area (TPSA) is 46.1 Å². The van der Waals surface area contributed by atoms with Crippen LogP contribution in [-0.4, -0.2) is 20.8 Å². The number of hydrogen-bond acceptors (Lipinski definition) is 3. The van der Waals surface area contributed by atoms with Gasteiger partial charge in [0.05, 0.1) is 24.5 Å². The number of nitrogens with zero attached hydrogens (tertiary/aromatic N) is 3. The molecule has 1 amide bonds. The summed E-state index contributed by atoms with van der Waals surface area (Å²) in [4.78, 5) is 23.7. The van der Waals surface area contributed by atoms with Crippen molar-refractivity contribution in [3.8, 4) is 0 Å². The highest BCUT2D eigenvalue weighted by Crippen LogP contribution is 2.19. The molecule has 0 N–H and O–H groups in total. The summed E-state index contributed by atoms with van der Waals surface area (Å²) in [5.74, 6) is 0.291. The minimum Gasteiger partial charge on any atom is -0.331 e. The Hall–Kier alpha value is -2.23. The highest BCUT2D eigenvalue weighted by Gasteiger charge is 2.23. The lowest BCUT2D eigenvalue weighted by Crippen LogP contribution is -2.35. The van der Waals surface area contributed by atoms with Gasteiger partial charge >= 0.3 is 0 Å². The zero-order valence-electron chi connectivity index (χ0n) is 14.7. The van der Waals surface area contributed by atoms with Crippen molar-refractivity contribution in [2.75, 3.05) is 0 Å². The first kappa shape index (κ1) is 18.1. The van der Waals surface area contributed by atoms with Crippen molar-refractivity contribution in [1.29, 1.82) is 0 Å². The molecule has 4 heteroatoms. The van der Waals surface area contributed by atoms with Crippen LogP contribution < -0.4 is 0 Å². The van der Waals surface area contributed by atoms with Crippen LogP contribution in [0.15, 0.2) is 48.8 Å². The fraction of sp³-hybridized carbons (Fsp3) is 0.450. The molecule has 0 aliphatic carbocycles. The predicted octanol–water partition coefficient (Wildman–Crippen LogP) is 4.22. The van der Waals surface area contributed by atoms with Gasteiger partial charge in [0.15, 0.2) is 0 Å². The van der Waals surface area contributed by atoms with Crippen LogP contribution in [0.4, 0.5) is 0 Å². The molecule has 2 rings (SSSR count). The van der Waals surface area contributed by atoms with Crippen molar-refractivity contribution in [1.82, 2.24) is 14.9 Å². The summed E-state index contributed by atoms with van der Waals surface area (Å²) in [5, 5.41) is 0. The maximum absolute atomic E-state index is 13.1. The molecule has 1 unspecified atom stereocenters. The Morgan fingerprint density at radius 2 is 1.58 bits per heavy atom. The van der Waals surface area contributed by atoms with Gasteiger partial charge in [0.1, 0.15) is 0 Å². The second-order valence-corrected chi connectivity index (χ2v) is 6.08. The molecule has 2 heterocycles. The van der Waals surface area contributed by atoms with E-state index in [1.807, 2.05) is 41.3 Å². The summed E-state index contributed by atoms with van der Waals surface area (Å²) in [6.45, 7) is 5.31. The average Bonchev–Trinajstić information content (AvgIpc) is 2.63. The predicted molar refractivity (Wildman–Crippen MR) is 96.0 cm³/mol. The quantitative estimate of drug-likeness (QED) is 0.693. The van der Waals surface area contributed by atoms with E-state index in [1.54, 1.807) is 12.4 Å². The lowest BCUT2D eigenvalue weighted by molar-refractivity contribution is -0.137. The maximum Gasteiger partial charge on any atom is 0.226 e. The lowest BCUT2D eigenvalue weighted by atomic mass is 9.97. The van der Waals surface area contributed by atoms with Gasteiger partial charge in [0.2, 0.25) is 5.91 Å². The van der Waals surface area contributed by atoms with Gasteiger partial charge in [-0.15, -0.1) is 0 Å². The van der Waals surface area contributed by atoms with E-state index in [0.29, 0.717) is 13.1 Å². The molecule has 0 aliphatic heterocycles. The van der Waals surface area contributed by atoms with Crippen LogP contribution in [0.2, 0.25) is 0 Å². The SMILES string of the molecule is CCCCC(CC)C(=O)N(Cc1ccccn1)Cc1ccccn1. The minimum atomic E-state index is 0.0809. The first-order chi connectivity index (χ1) is 11.7. The number of aromatic nitrogens is 2. The summed E-state index contributed by atoms with van der Waals surface area (Å²) in [6, 6.07) is 11.6. The summed E-state index contributed by atoms with van der Waals surface area (Å²) in [7, 11) is 0. The highest BCUT2D eigenvalue weighted by atomic mass is 16.2. The molecule has 0 bridgehead atoms. The van der Waals surface area contributed by atoms with E-state index >= 15 is 0 Å². The van der Waals surface area contributed by atoms with Gasteiger partial charge in [-0.1, -0.05) is 38.8 Å². The Balaban J connectivity index is 2.15. The third kappa shape index (κ3) is 5.44. The summed E-state index contributed by atoms with van der Waals surface area (Å²) in [6.07, 6.45) is 7.57. The molecule has 0 saturated carbocycles. The monoisotopic (exact) mass is 325 g/mol. The molecule has 2 aromatic heterocycles. The van der Waals surface area contributed by atoms with E-state index in [-0.39, 0.29) is 11.8 Å². The normalized spacial score (nSPS) is 11.9. The van der Waals surface area contributed by atoms with Crippen LogP contribution in [0.3, 0.4) is 0 Å². The van der Waals surface area contributed by atoms with Crippen molar-refractivity contribution < 1.29 is 4.79 Å². The molecule has 0 radical (unpaired) electrons. The number of amides is 1. The number of carbonyl (C=O) groups is 1. The number of carbonyl (C=O) groups excluding carboxylic acids is 1. The molecular formula is C20H27N3O. The molecule has 0 saturated heterocycles. The fourth-order valence-electron chi connectivity index (χ4n) is 2.80. The van der Waals surface area contributed by atoms with E-state index < -0.39 is 0 Å². The van der Waals surface area contributed by atoms with Crippen LogP contribution >= 0.6 is 0 Å². The van der Waals surface area contributed by atoms with Crippen LogP contribution in [-0.2, 0) is 17.9 Å². The molecule has 1 atom stereocenters. The molecular weight excluding hydrogens is 298 g/mol. The number of hydrogen-bond donors (Lipinski definition) is 0. The first-order valence-electron chi connectivity index (χ1n) is 8.83. The van der Waals surface area contributed by atoms with Gasteiger partial charge in [0.25, 0.3) is 0 Å². The Labute approximate surface area is 144 Å². The standard InChI is InChI=1S/C20H27N3O/c1-3-5-10-17(4-2)20(24)23(15-18-11-6-8-13-21-18)16-19-12-7-9-14-22-19/h6-9,11-14,17H,3-5,10,15-16H2,1-2H3. The molecule has 0 aromatic carbocycles. The van der Waals surface area contributed by atoms with Gasteiger partial charge in [-0.2, -0.15) is 0 Å². The maximum atomic E-state index is 13.1. The molecule has 0 fully saturated rings. The van der Waals surface area contributed by atoms with E-state index in [0.717, 1.165) is 37.1 Å². The fourth-order valence-corrected chi connectivity index (χ4v) is 2.80. The van der Waals surface area contributed by atoms with Crippen molar-refractivity contribution >= 4 is 5.91 Å². The van der Waals surface area contributed by atoms with Gasteiger partial charge in [-0.05, 0) is 37.1 Å². The number of pyridine rings is 2. The third-order valence-electron chi connectivity index (χ3n) is 4.22. The van der Waals surface area contributed by atoms with Crippen molar-refractivity contribution in [3.63, 3.8) is 0 Å². The zero-order valence-corrected chi connectivity index (χ0v) is 14.7. The Morgan fingerprint density at radius 1 is 1.00 bits per heavy atom. The van der Waals surface area contributed by atoms with Crippen LogP contribution in [0.25, 0.3) is 0 Å². The second kappa shape index (κ2) is 9.81. The van der Waals surface area contributed by atoms with Crippen molar-refractivity contribution in [3.05, 3.63) is 60.2 Å². The summed E-state index contributed by atoms with van der Waals surface area (Å²) >= 11 is 0. The third-order valence-corrected chi connectivity index (χ3v) is 4.22. The second-order valence-electron chi connectivity index (χ2n) is 6.08. The molecule has 0 aliphatic rings. The molecule has 4 nitrogen and oxygen atoms in total. The smallest absolute Gasteiger partial charge is 0.226 e. The van der Waals surface area contributed by atoms with Crippen molar-refractivity contribution in [2.45, 2.75) is 52.6 Å². The van der Waals surface area contributed by atoms with E-state index in [9.17, 15) is 4.79 Å². The number of unbranched alkanes of at least 4 members (excludes halogenated alkanes) is 1. The Bertz CT molecular complexity index is 559. The molecule has 128 valence electrons. The Kier molecular flexibility index (Phi) is 7.40. The van der Waals surface area contributed by atoms with E-state index in [1.165, 1.54) is 0 Å². The zero-order chi connectivity index (χ0) is 17.2. The first-order valence-corrected chi connectivity index (χ1v) is 8.83. The van der Waals surface area contributed by atoms with Crippen LogP contribution in [0, 0.1) is 5.92 Å². The van der Waals surface area contributed by atoms with E-state index in [2.05, 4.69) is 23.8 Å². The molecule has 2 aromatic rings. The van der Waals surface area contributed by atoms with Crippen molar-refractivity contribution in [2.24, 2.45) is 5.92 Å². The highest BCUT2D eigenvalue weighted by molar-refractivity contribution is 5.78. The molecule has 24 heavy (non-hydrogen) atoms. The van der Waals surface area contributed by atoms with Gasteiger partial charge in [-0.3, -0.25) is 14.8 Å². The van der Waals surface area contributed by atoms with Crippen LogP contribution in [0.1, 0.15) is 50.9 Å². The summed E-state index contributed by atoms with van der Waals surface area (Å²) in [5.41, 5.74) is 1.82. The largest absolute Gasteiger partial charge is 0.331 e. The number of rotatable bonds is 9. The van der Waals surface area contributed by atoms with E-state index in [4.69, 9.17) is 0 Å². The minimum absolute atomic E-state index is 0.0809. The Morgan fingerprint density at radius 3 is 2.00 bits per heavy atom. The van der Waals surface area contributed by atoms with Crippen LogP contribution in [0.5, 0.6) is 0 Å². The lowest BCUT2D eigenvalue weighted by Gasteiger charge is -2.26. The average molecular weight is 325 g/mol.